The molecule has 1 aromatic carbocycles. The van der Waals surface area contributed by atoms with Crippen molar-refractivity contribution in [1.82, 2.24) is 0 Å². The summed E-state index contributed by atoms with van der Waals surface area (Å²) < 4.78 is 0. The lowest BCUT2D eigenvalue weighted by atomic mass is 10.1. The van der Waals surface area contributed by atoms with Crippen molar-refractivity contribution in [3.63, 3.8) is 0 Å². The van der Waals surface area contributed by atoms with E-state index in [1.807, 2.05) is 0 Å². The molecule has 0 aliphatic carbocycles. The maximum Gasteiger partial charge on any atom is 0.0732 e. The van der Waals surface area contributed by atoms with Gasteiger partial charge in [0, 0.05) is 5.75 Å². The molecule has 4 heteroatoms. The van der Waals surface area contributed by atoms with Crippen LogP contribution in [0.3, 0.4) is 0 Å². The molecule has 0 bridgehead atoms. The van der Waals surface area contributed by atoms with Gasteiger partial charge in [0.1, 0.15) is 0 Å². The van der Waals surface area contributed by atoms with E-state index in [1.165, 1.54) is 151 Å². The van der Waals surface area contributed by atoms with Crippen molar-refractivity contribution in [1.29, 1.82) is 0 Å². The fraction of sp³-hybridized carbons (Fsp3) is 0.806. The van der Waals surface area contributed by atoms with Crippen LogP contribution in [-0.4, -0.2) is 11.5 Å². The Morgan fingerprint density at radius 1 is 0.457 bits per heavy atom. The first-order valence-corrected chi connectivity index (χ1v) is 21.2. The van der Waals surface area contributed by atoms with Crippen molar-refractivity contribution in [3.8, 4) is 0 Å². The molecule has 0 aromatic heterocycles. The summed E-state index contributed by atoms with van der Waals surface area (Å²) in [6, 6.07) is 11.1. The van der Waals surface area contributed by atoms with Gasteiger partial charge in [-0.3, -0.25) is 0 Å². The molecule has 0 amide bonds. The predicted molar refractivity (Wildman–Crippen MR) is 173 cm³/mol. The van der Waals surface area contributed by atoms with E-state index in [4.69, 9.17) is 0 Å². The third-order valence-electron chi connectivity index (χ3n) is 6.57. The minimum Gasteiger partial charge on any atom is -0.112 e. The van der Waals surface area contributed by atoms with Crippen molar-refractivity contribution in [2.45, 2.75) is 148 Å². The fourth-order valence-corrected chi connectivity index (χ4v) is 14.7. The lowest BCUT2D eigenvalue weighted by molar-refractivity contribution is 0.563. The van der Waals surface area contributed by atoms with Crippen LogP contribution in [0.5, 0.6) is 0 Å². The van der Waals surface area contributed by atoms with Crippen molar-refractivity contribution in [3.05, 3.63) is 35.9 Å². The normalized spacial score (nSPS) is 11.5. The van der Waals surface area contributed by atoms with Gasteiger partial charge in [0.2, 0.25) is 0 Å². The smallest absolute Gasteiger partial charge is 0.0732 e. The Bertz CT molecular complexity index is 499. The molecule has 35 heavy (non-hydrogen) atoms. The van der Waals surface area contributed by atoms with Gasteiger partial charge in [-0.25, -0.2) is 0 Å². The molecule has 0 fully saturated rings. The maximum atomic E-state index is 2.31. The van der Waals surface area contributed by atoms with Crippen LogP contribution in [-0.2, 0) is 5.75 Å². The number of hydrogen-bond donors (Lipinski definition) is 0. The van der Waals surface area contributed by atoms with Gasteiger partial charge in [0.25, 0.3) is 0 Å². The number of unbranched alkanes of at least 4 members (excludes halogenated alkanes) is 18. The van der Waals surface area contributed by atoms with Crippen LogP contribution in [0.25, 0.3) is 0 Å². The van der Waals surface area contributed by atoms with Gasteiger partial charge in [-0.1, -0.05) is 160 Å². The highest BCUT2D eigenvalue weighted by atomic mass is 33.4. The second kappa shape index (κ2) is 27.7. The molecule has 1 aromatic rings. The van der Waals surface area contributed by atoms with Gasteiger partial charge in [-0.2, -0.15) is 0 Å². The van der Waals surface area contributed by atoms with E-state index in [-0.39, 0.29) is 5.53 Å². The molecule has 0 radical (unpaired) electrons. The SMILES string of the molecule is CCCCCCCCCCCCSP(SCCCCCCCCCCCC)SCc1ccccc1. The van der Waals surface area contributed by atoms with Crippen LogP contribution in [0.2, 0.25) is 0 Å². The number of rotatable bonds is 27. The van der Waals surface area contributed by atoms with E-state index in [0.29, 0.717) is 0 Å². The molecular weight excluding hydrogens is 500 g/mol. The maximum absolute atomic E-state index is 2.31. The van der Waals surface area contributed by atoms with Gasteiger partial charge in [0.05, 0.1) is 5.53 Å². The average Bonchev–Trinajstić information content (AvgIpc) is 2.89. The van der Waals surface area contributed by atoms with Crippen LogP contribution in [0.15, 0.2) is 30.3 Å². The summed E-state index contributed by atoms with van der Waals surface area (Å²) in [6.45, 7) is 4.61. The van der Waals surface area contributed by atoms with Crippen LogP contribution in [0.1, 0.15) is 148 Å². The molecule has 0 spiro atoms. The Hall–Kier alpha value is 0.700. The van der Waals surface area contributed by atoms with Crippen molar-refractivity contribution < 1.29 is 0 Å². The van der Waals surface area contributed by atoms with E-state index < -0.39 is 0 Å². The van der Waals surface area contributed by atoms with E-state index in [1.54, 1.807) is 0 Å². The Morgan fingerprint density at radius 2 is 0.829 bits per heavy atom. The standard InChI is InChI=1S/C31H57PS3/c1-3-5-7-9-11-13-15-17-19-24-28-33-32(35-30-31-26-22-21-23-27-31)34-29-25-20-18-16-14-12-10-8-6-4-2/h21-23,26-27H,3-20,24-25,28-30H2,1-2H3. The van der Waals surface area contributed by atoms with Crippen LogP contribution < -0.4 is 0 Å². The quantitative estimate of drug-likeness (QED) is 0.0781. The first-order valence-electron chi connectivity index (χ1n) is 15.1. The van der Waals surface area contributed by atoms with Crippen molar-refractivity contribution >= 4 is 39.7 Å². The Kier molecular flexibility index (Phi) is 26.7. The Balaban J connectivity index is 2.10. The second-order valence-corrected chi connectivity index (χ2v) is 20.0. The summed E-state index contributed by atoms with van der Waals surface area (Å²) >= 11 is 6.81. The first kappa shape index (κ1) is 33.7. The van der Waals surface area contributed by atoms with Gasteiger partial charge >= 0.3 is 0 Å². The molecule has 0 saturated carbocycles. The second-order valence-electron chi connectivity index (χ2n) is 10.0. The van der Waals surface area contributed by atoms with Gasteiger partial charge in [-0.15, -0.1) is 34.1 Å². The molecule has 1 rings (SSSR count). The molecule has 0 aliphatic rings. The van der Waals surface area contributed by atoms with E-state index in [9.17, 15) is 0 Å². The van der Waals surface area contributed by atoms with E-state index in [2.05, 4.69) is 78.3 Å². The predicted octanol–water partition coefficient (Wildman–Crippen LogP) is 13.5. The molecule has 0 atom stereocenters. The number of benzene rings is 1. The summed E-state index contributed by atoms with van der Waals surface area (Å²) in [5.74, 6) is 3.92. The monoisotopic (exact) mass is 556 g/mol. The largest absolute Gasteiger partial charge is 0.112 e. The van der Waals surface area contributed by atoms with Gasteiger partial charge < -0.3 is 0 Å². The third kappa shape index (κ3) is 23.5. The van der Waals surface area contributed by atoms with Crippen LogP contribution >= 0.6 is 39.7 Å². The lowest BCUT2D eigenvalue weighted by Gasteiger charge is -2.16. The Labute approximate surface area is 234 Å². The minimum absolute atomic E-state index is 0.00695. The average molecular weight is 557 g/mol. The summed E-state index contributed by atoms with van der Waals surface area (Å²) in [5, 5.41) is 0. The highest BCUT2D eigenvalue weighted by Crippen LogP contribution is 2.71. The highest BCUT2D eigenvalue weighted by molar-refractivity contribution is 9.12. The summed E-state index contributed by atoms with van der Waals surface area (Å²) in [6.07, 6.45) is 28.8. The minimum atomic E-state index is -0.00695. The van der Waals surface area contributed by atoms with Crippen LogP contribution in [0, 0.1) is 0 Å². The number of hydrogen-bond acceptors (Lipinski definition) is 3. The zero-order chi connectivity index (χ0) is 25.1. The molecule has 0 unspecified atom stereocenters. The zero-order valence-corrected chi connectivity index (χ0v) is 26.7. The fourth-order valence-electron chi connectivity index (χ4n) is 4.27. The summed E-state index contributed by atoms with van der Waals surface area (Å²) in [4.78, 5) is 0. The zero-order valence-electron chi connectivity index (χ0n) is 23.3. The molecule has 0 N–H and O–H groups in total. The third-order valence-corrected chi connectivity index (χ3v) is 17.7. The summed E-state index contributed by atoms with van der Waals surface area (Å²) in [7, 11) is 0. The Morgan fingerprint density at radius 3 is 1.23 bits per heavy atom. The molecule has 204 valence electrons. The molecule has 0 aliphatic heterocycles. The topological polar surface area (TPSA) is 0 Å². The van der Waals surface area contributed by atoms with Crippen LogP contribution in [0.4, 0.5) is 0 Å². The van der Waals surface area contributed by atoms with E-state index >= 15 is 0 Å². The van der Waals surface area contributed by atoms with Gasteiger partial charge in [-0.05, 0) is 29.9 Å². The lowest BCUT2D eigenvalue weighted by Crippen LogP contribution is -1.84. The molecule has 0 heterocycles. The van der Waals surface area contributed by atoms with Crippen molar-refractivity contribution in [2.75, 3.05) is 11.5 Å². The highest BCUT2D eigenvalue weighted by Gasteiger charge is 2.11. The summed E-state index contributed by atoms with van der Waals surface area (Å²) in [5.41, 5.74) is 1.48. The molecule has 0 saturated heterocycles. The van der Waals surface area contributed by atoms with E-state index in [0.717, 1.165) is 0 Å². The molecule has 0 nitrogen and oxygen atoms in total. The van der Waals surface area contributed by atoms with Gasteiger partial charge in [0.15, 0.2) is 0 Å². The van der Waals surface area contributed by atoms with Crippen molar-refractivity contribution in [2.24, 2.45) is 0 Å². The first-order chi connectivity index (χ1) is 17.4. The molecular formula is C31H57PS3.